The molecule has 4 nitrogen and oxygen atoms in total. The van der Waals surface area contributed by atoms with Gasteiger partial charge >= 0.3 is 6.03 Å². The summed E-state index contributed by atoms with van der Waals surface area (Å²) in [5.74, 6) is 0. The minimum atomic E-state index is -0.508. The van der Waals surface area contributed by atoms with Crippen molar-refractivity contribution in [1.29, 1.82) is 0 Å². The van der Waals surface area contributed by atoms with Crippen LogP contribution < -0.4 is 10.3 Å². The fourth-order valence-electron chi connectivity index (χ4n) is 3.69. The minimum absolute atomic E-state index is 0.301. The van der Waals surface area contributed by atoms with E-state index in [1.165, 1.54) is 10.3 Å². The number of rotatable bonds is 3. The molecule has 2 amide bonds. The molecule has 2 heterocycles. The molecule has 27 heavy (non-hydrogen) atoms. The molecule has 0 saturated heterocycles. The number of fused-ring (bicyclic) bond motifs is 1. The summed E-state index contributed by atoms with van der Waals surface area (Å²) >= 11 is 7.89. The molecule has 0 aliphatic carbocycles. The second kappa shape index (κ2) is 6.60. The van der Waals surface area contributed by atoms with E-state index in [4.69, 9.17) is 22.4 Å². The quantitative estimate of drug-likeness (QED) is 0.555. The normalized spacial score (nSPS) is 19.6. The average molecular weight is 397 g/mol. The third kappa shape index (κ3) is 2.79. The molecule has 0 spiro atoms. The van der Waals surface area contributed by atoms with Crippen LogP contribution in [0.15, 0.2) is 70.3 Å². The number of quaternary nitrogens is 1. The first-order chi connectivity index (χ1) is 12.9. The summed E-state index contributed by atoms with van der Waals surface area (Å²) in [5.41, 5.74) is 10.5. The molecule has 1 unspecified atom stereocenters. The largest absolute Gasteiger partial charge is 0.450 e. The molecule has 0 saturated carbocycles. The molecule has 0 bridgehead atoms. The first kappa shape index (κ1) is 17.9. The van der Waals surface area contributed by atoms with Gasteiger partial charge in [0.15, 0.2) is 11.4 Å². The van der Waals surface area contributed by atoms with Crippen molar-refractivity contribution >= 4 is 50.5 Å². The number of amides is 2. The van der Waals surface area contributed by atoms with Gasteiger partial charge in [0, 0.05) is 40.8 Å². The van der Waals surface area contributed by atoms with Crippen LogP contribution >= 0.6 is 22.9 Å². The van der Waals surface area contributed by atoms with Crippen molar-refractivity contribution in [3.05, 3.63) is 75.8 Å². The van der Waals surface area contributed by atoms with Crippen LogP contribution in [0.2, 0.25) is 5.02 Å². The summed E-state index contributed by atoms with van der Waals surface area (Å²) in [6, 6.07) is 14.9. The van der Waals surface area contributed by atoms with Gasteiger partial charge in [0.2, 0.25) is 0 Å². The molecule has 4 rings (SSSR count). The number of allylic oxidation sites excluding steroid dienone is 2. The number of halogens is 1. The summed E-state index contributed by atoms with van der Waals surface area (Å²) in [6.07, 6.45) is 0.682. The lowest BCUT2D eigenvalue weighted by atomic mass is 10.00. The van der Waals surface area contributed by atoms with Crippen molar-refractivity contribution in [2.45, 2.75) is 20.3 Å². The third-order valence-electron chi connectivity index (χ3n) is 5.09. The van der Waals surface area contributed by atoms with Crippen molar-refractivity contribution in [3.63, 3.8) is 0 Å². The smallest absolute Gasteiger partial charge is 0.316 e. The number of benzene rings is 2. The second-order valence-corrected chi connectivity index (χ2v) is 7.98. The number of urea groups is 1. The number of carbonyl (C=O) groups is 1. The molecular formula is C21H19ClN3OS+. The monoisotopic (exact) mass is 396 g/mol. The highest BCUT2D eigenvalue weighted by Crippen LogP contribution is 2.39. The van der Waals surface area contributed by atoms with Crippen LogP contribution in [0.25, 0.3) is 10.1 Å². The number of nitrogens with zero attached hydrogens (tertiary/aromatic N) is 2. The number of thiophene rings is 1. The molecule has 6 heteroatoms. The van der Waals surface area contributed by atoms with Gasteiger partial charge in [-0.3, -0.25) is 0 Å². The van der Waals surface area contributed by atoms with Crippen LogP contribution in [0.4, 0.5) is 10.5 Å². The second-order valence-electron chi connectivity index (χ2n) is 6.64. The topological polar surface area (TPSA) is 55.4 Å². The molecule has 0 fully saturated rings. The molecule has 2 aromatic carbocycles. The minimum Gasteiger partial charge on any atom is -0.316 e. The number of carbonyl (C=O) groups excluding carboxylic acids is 1. The van der Waals surface area contributed by atoms with Gasteiger partial charge in [0.1, 0.15) is 5.71 Å². The van der Waals surface area contributed by atoms with Crippen LogP contribution in [0.1, 0.15) is 19.4 Å². The number of para-hydroxylation sites is 1. The highest BCUT2D eigenvalue weighted by molar-refractivity contribution is 7.17. The Bertz CT molecular complexity index is 1120. The van der Waals surface area contributed by atoms with Gasteiger partial charge in [-0.05, 0) is 41.5 Å². The zero-order valence-electron chi connectivity index (χ0n) is 15.1. The summed E-state index contributed by atoms with van der Waals surface area (Å²) < 4.78 is 0.893. The fraction of sp³-hybridized carbons (Fsp3) is 0.143. The van der Waals surface area contributed by atoms with Crippen molar-refractivity contribution < 1.29 is 4.79 Å². The van der Waals surface area contributed by atoms with E-state index in [0.29, 0.717) is 6.42 Å². The lowest BCUT2D eigenvalue weighted by molar-refractivity contribution is 0.223. The number of nitrogens with two attached hydrogens (primary N) is 1. The molecule has 3 aromatic rings. The van der Waals surface area contributed by atoms with Crippen molar-refractivity contribution in [2.24, 2.45) is 10.8 Å². The van der Waals surface area contributed by atoms with E-state index in [9.17, 15) is 4.79 Å². The molecule has 2 N–H and O–H groups in total. The van der Waals surface area contributed by atoms with Crippen molar-refractivity contribution in [3.8, 4) is 0 Å². The lowest BCUT2D eigenvalue weighted by Crippen LogP contribution is -2.50. The van der Waals surface area contributed by atoms with E-state index in [-0.39, 0.29) is 4.59 Å². The van der Waals surface area contributed by atoms with E-state index < -0.39 is 6.03 Å². The lowest BCUT2D eigenvalue weighted by Gasteiger charge is -2.24. The van der Waals surface area contributed by atoms with Crippen LogP contribution in [-0.4, -0.2) is 11.7 Å². The number of hydrogen-bond donors (Lipinski definition) is 1. The Morgan fingerprint density at radius 2 is 1.93 bits per heavy atom. The van der Waals surface area contributed by atoms with Gasteiger partial charge in [-0.15, -0.1) is 11.3 Å². The molecular weight excluding hydrogens is 378 g/mol. The summed E-state index contributed by atoms with van der Waals surface area (Å²) in [5, 5.41) is 8.72. The SMILES string of the molecule is CC1=N[N+](C(N)=O)(c2ccccc2)C(C)=C1Cc1csc2ccc(Cl)cc12. The Morgan fingerprint density at radius 1 is 1.19 bits per heavy atom. The van der Waals surface area contributed by atoms with Gasteiger partial charge in [-0.25, -0.2) is 4.79 Å². The van der Waals surface area contributed by atoms with E-state index in [1.54, 1.807) is 11.3 Å². The molecule has 1 aliphatic heterocycles. The highest BCUT2D eigenvalue weighted by Gasteiger charge is 2.47. The zero-order valence-corrected chi connectivity index (χ0v) is 16.6. The number of hydrogen-bond acceptors (Lipinski definition) is 3. The maximum atomic E-state index is 12.5. The summed E-state index contributed by atoms with van der Waals surface area (Å²) in [6.45, 7) is 3.88. The summed E-state index contributed by atoms with van der Waals surface area (Å²) in [7, 11) is 0. The van der Waals surface area contributed by atoms with Gasteiger partial charge in [0.25, 0.3) is 0 Å². The standard InChI is InChI=1S/C21H18ClN3OS/c1-13-18(10-15-12-27-20-9-8-16(22)11-19(15)20)14(2)25(24-13,21(23)26)17-6-4-3-5-7-17/h3-9,11-12H,10H2,1-2H3,(H-,23,26)/p+1. The molecule has 1 aromatic heterocycles. The van der Waals surface area contributed by atoms with Crippen LogP contribution in [0, 0.1) is 0 Å². The Balaban J connectivity index is 1.84. The van der Waals surface area contributed by atoms with Crippen LogP contribution in [0.3, 0.4) is 0 Å². The maximum Gasteiger partial charge on any atom is 0.450 e. The van der Waals surface area contributed by atoms with Crippen molar-refractivity contribution in [1.82, 2.24) is 4.59 Å². The van der Waals surface area contributed by atoms with Crippen molar-refractivity contribution in [2.75, 3.05) is 0 Å². The Hall–Kier alpha value is -2.47. The van der Waals surface area contributed by atoms with E-state index in [2.05, 4.69) is 5.38 Å². The Kier molecular flexibility index (Phi) is 4.38. The van der Waals surface area contributed by atoms with Crippen LogP contribution in [0.5, 0.6) is 0 Å². The van der Waals surface area contributed by atoms with E-state index in [1.807, 2.05) is 62.4 Å². The maximum absolute atomic E-state index is 12.5. The van der Waals surface area contributed by atoms with E-state index in [0.717, 1.165) is 33.1 Å². The van der Waals surface area contributed by atoms with Gasteiger partial charge < -0.3 is 5.73 Å². The average Bonchev–Trinajstić information content (AvgIpc) is 3.16. The molecule has 1 atom stereocenters. The first-order valence-corrected chi connectivity index (χ1v) is 9.87. The Labute approximate surface area is 166 Å². The van der Waals surface area contributed by atoms with Gasteiger partial charge in [-0.1, -0.05) is 39.5 Å². The van der Waals surface area contributed by atoms with E-state index >= 15 is 0 Å². The Morgan fingerprint density at radius 3 is 2.63 bits per heavy atom. The fourth-order valence-corrected chi connectivity index (χ4v) is 4.81. The summed E-state index contributed by atoms with van der Waals surface area (Å²) in [4.78, 5) is 12.5. The van der Waals surface area contributed by atoms with Gasteiger partial charge in [0.05, 0.1) is 0 Å². The molecule has 0 radical (unpaired) electrons. The molecule has 1 aliphatic rings. The van der Waals surface area contributed by atoms with Crippen LogP contribution in [-0.2, 0) is 6.42 Å². The highest BCUT2D eigenvalue weighted by atomic mass is 35.5. The van der Waals surface area contributed by atoms with Gasteiger partial charge in [-0.2, -0.15) is 0 Å². The predicted molar refractivity (Wildman–Crippen MR) is 114 cm³/mol. The first-order valence-electron chi connectivity index (χ1n) is 8.61. The third-order valence-corrected chi connectivity index (χ3v) is 6.34. The predicted octanol–water partition coefficient (Wildman–Crippen LogP) is 5.85. The molecule has 136 valence electrons. The number of primary amides is 1. The zero-order chi connectivity index (χ0) is 19.2.